The molecule has 0 aromatic heterocycles. The number of ether oxygens (including phenoxy) is 3. The molecular weight excluding hydrogens is 294 g/mol. The summed E-state index contributed by atoms with van der Waals surface area (Å²) in [6.45, 7) is 3.57. The molecule has 3 aliphatic rings. The van der Waals surface area contributed by atoms with Crippen LogP contribution in [0.4, 0.5) is 0 Å². The molecule has 5 heteroatoms. The van der Waals surface area contributed by atoms with Crippen LogP contribution >= 0.6 is 0 Å². The maximum atomic E-state index is 12.6. The Morgan fingerprint density at radius 1 is 1.13 bits per heavy atom. The Bertz CT molecular complexity index is 585. The van der Waals surface area contributed by atoms with Crippen LogP contribution in [0.15, 0.2) is 18.2 Å². The predicted molar refractivity (Wildman–Crippen MR) is 84.4 cm³/mol. The average molecular weight is 317 g/mol. The third-order valence-electron chi connectivity index (χ3n) is 5.02. The van der Waals surface area contributed by atoms with Gasteiger partial charge in [-0.2, -0.15) is 0 Å². The van der Waals surface area contributed by atoms with E-state index in [4.69, 9.17) is 14.2 Å². The lowest BCUT2D eigenvalue weighted by Crippen LogP contribution is -2.47. The molecule has 4 rings (SSSR count). The molecular formula is C18H23NO4. The van der Waals surface area contributed by atoms with E-state index < -0.39 is 5.79 Å². The zero-order valence-electron chi connectivity index (χ0n) is 13.4. The van der Waals surface area contributed by atoms with Gasteiger partial charge in [-0.3, -0.25) is 4.79 Å². The van der Waals surface area contributed by atoms with Gasteiger partial charge in [0.1, 0.15) is 5.75 Å². The van der Waals surface area contributed by atoms with E-state index in [0.29, 0.717) is 32.7 Å². The number of likely N-dealkylation sites (tertiary alicyclic amines) is 1. The van der Waals surface area contributed by atoms with Crippen molar-refractivity contribution in [3.05, 3.63) is 29.3 Å². The second-order valence-corrected chi connectivity index (χ2v) is 6.56. The maximum absolute atomic E-state index is 12.6. The number of carbonyl (C=O) groups excluding carboxylic acids is 1. The molecule has 2 fully saturated rings. The van der Waals surface area contributed by atoms with Crippen molar-refractivity contribution in [2.75, 3.05) is 32.9 Å². The summed E-state index contributed by atoms with van der Waals surface area (Å²) >= 11 is 0. The number of nitrogens with zero attached hydrogens (tertiary/aromatic N) is 1. The van der Waals surface area contributed by atoms with Crippen molar-refractivity contribution in [2.24, 2.45) is 0 Å². The first-order valence-electron chi connectivity index (χ1n) is 8.54. The Morgan fingerprint density at radius 2 is 1.91 bits per heavy atom. The molecule has 1 spiro atoms. The van der Waals surface area contributed by atoms with Gasteiger partial charge in [0, 0.05) is 25.9 Å². The lowest BCUT2D eigenvalue weighted by atomic mass is 10.00. The fourth-order valence-corrected chi connectivity index (χ4v) is 3.69. The van der Waals surface area contributed by atoms with E-state index in [1.165, 1.54) is 5.56 Å². The molecule has 1 aromatic carbocycles. The van der Waals surface area contributed by atoms with Crippen LogP contribution in [0, 0.1) is 0 Å². The highest BCUT2D eigenvalue weighted by atomic mass is 16.7. The summed E-state index contributed by atoms with van der Waals surface area (Å²) < 4.78 is 17.1. The van der Waals surface area contributed by atoms with E-state index in [0.717, 1.165) is 43.6 Å². The van der Waals surface area contributed by atoms with Gasteiger partial charge in [0.15, 0.2) is 5.79 Å². The zero-order valence-corrected chi connectivity index (χ0v) is 13.4. The van der Waals surface area contributed by atoms with Crippen molar-refractivity contribution in [1.82, 2.24) is 4.90 Å². The molecule has 1 aromatic rings. The number of hydrogen-bond donors (Lipinski definition) is 0. The highest BCUT2D eigenvalue weighted by Gasteiger charge is 2.40. The number of amides is 1. The van der Waals surface area contributed by atoms with Gasteiger partial charge in [0.05, 0.1) is 26.2 Å². The molecule has 5 nitrogen and oxygen atoms in total. The maximum Gasteiger partial charge on any atom is 0.226 e. The molecule has 23 heavy (non-hydrogen) atoms. The second-order valence-electron chi connectivity index (χ2n) is 6.56. The van der Waals surface area contributed by atoms with Crippen molar-refractivity contribution in [2.45, 2.75) is 37.9 Å². The standard InChI is InChI=1S/C18H23NO4/c20-17(19-7-5-18(6-8-19)22-10-11-23-18)13-14-3-4-16-15(12-14)2-1-9-21-16/h3-4,12H,1-2,5-11,13H2. The van der Waals surface area contributed by atoms with Crippen LogP contribution in [0.1, 0.15) is 30.4 Å². The summed E-state index contributed by atoms with van der Waals surface area (Å²) in [7, 11) is 0. The summed E-state index contributed by atoms with van der Waals surface area (Å²) in [4.78, 5) is 14.5. The first-order chi connectivity index (χ1) is 11.2. The van der Waals surface area contributed by atoms with Gasteiger partial charge in [-0.1, -0.05) is 12.1 Å². The Morgan fingerprint density at radius 3 is 2.70 bits per heavy atom. The summed E-state index contributed by atoms with van der Waals surface area (Å²) in [5.41, 5.74) is 2.31. The minimum absolute atomic E-state index is 0.189. The van der Waals surface area contributed by atoms with Crippen molar-refractivity contribution in [3.63, 3.8) is 0 Å². The van der Waals surface area contributed by atoms with Crippen LogP contribution in [-0.4, -0.2) is 49.5 Å². The fourth-order valence-electron chi connectivity index (χ4n) is 3.69. The first-order valence-corrected chi connectivity index (χ1v) is 8.54. The molecule has 3 aliphatic heterocycles. The number of carbonyl (C=O) groups is 1. The molecule has 0 aliphatic carbocycles. The van der Waals surface area contributed by atoms with Gasteiger partial charge in [0.2, 0.25) is 5.91 Å². The van der Waals surface area contributed by atoms with Gasteiger partial charge in [-0.05, 0) is 30.0 Å². The minimum Gasteiger partial charge on any atom is -0.493 e. The highest BCUT2D eigenvalue weighted by molar-refractivity contribution is 5.79. The quantitative estimate of drug-likeness (QED) is 0.836. The third kappa shape index (κ3) is 3.08. The molecule has 0 N–H and O–H groups in total. The average Bonchev–Trinajstić information content (AvgIpc) is 3.03. The van der Waals surface area contributed by atoms with Crippen LogP contribution < -0.4 is 4.74 Å². The number of piperidine rings is 1. The van der Waals surface area contributed by atoms with E-state index in [9.17, 15) is 4.79 Å². The number of rotatable bonds is 2. The molecule has 0 atom stereocenters. The molecule has 0 radical (unpaired) electrons. The summed E-state index contributed by atoms with van der Waals surface area (Å²) in [6.07, 6.45) is 4.10. The molecule has 0 bridgehead atoms. The van der Waals surface area contributed by atoms with E-state index in [2.05, 4.69) is 6.07 Å². The first kappa shape index (κ1) is 15.0. The molecule has 1 amide bonds. The number of fused-ring (bicyclic) bond motifs is 1. The van der Waals surface area contributed by atoms with Crippen LogP contribution in [0.2, 0.25) is 0 Å². The van der Waals surface area contributed by atoms with Crippen LogP contribution in [0.3, 0.4) is 0 Å². The normalized spacial score (nSPS) is 22.7. The van der Waals surface area contributed by atoms with Gasteiger partial charge < -0.3 is 19.1 Å². The number of hydrogen-bond acceptors (Lipinski definition) is 4. The third-order valence-corrected chi connectivity index (χ3v) is 5.02. The Kier molecular flexibility index (Phi) is 3.99. The molecule has 0 saturated carbocycles. The van der Waals surface area contributed by atoms with Crippen LogP contribution in [0.5, 0.6) is 5.75 Å². The van der Waals surface area contributed by atoms with E-state index in [1.807, 2.05) is 17.0 Å². The highest BCUT2D eigenvalue weighted by Crippen LogP contribution is 2.31. The van der Waals surface area contributed by atoms with Crippen molar-refractivity contribution >= 4 is 5.91 Å². The summed E-state index contributed by atoms with van der Waals surface area (Å²) in [5.74, 6) is 0.748. The summed E-state index contributed by atoms with van der Waals surface area (Å²) in [6, 6.07) is 6.14. The predicted octanol–water partition coefficient (Wildman–Crippen LogP) is 1.92. The van der Waals surface area contributed by atoms with Crippen molar-refractivity contribution < 1.29 is 19.0 Å². The molecule has 3 heterocycles. The van der Waals surface area contributed by atoms with Crippen molar-refractivity contribution in [1.29, 1.82) is 0 Å². The minimum atomic E-state index is -0.417. The Balaban J connectivity index is 1.37. The Hall–Kier alpha value is -1.59. The van der Waals surface area contributed by atoms with E-state index >= 15 is 0 Å². The largest absolute Gasteiger partial charge is 0.493 e. The van der Waals surface area contributed by atoms with Gasteiger partial charge in [-0.25, -0.2) is 0 Å². The molecule has 2 saturated heterocycles. The number of benzene rings is 1. The summed E-state index contributed by atoms with van der Waals surface area (Å²) in [5, 5.41) is 0. The van der Waals surface area contributed by atoms with E-state index in [-0.39, 0.29) is 5.91 Å². The second kappa shape index (κ2) is 6.13. The van der Waals surface area contributed by atoms with Gasteiger partial charge >= 0.3 is 0 Å². The molecule has 0 unspecified atom stereocenters. The van der Waals surface area contributed by atoms with Crippen LogP contribution in [-0.2, 0) is 27.1 Å². The lowest BCUT2D eigenvalue weighted by Gasteiger charge is -2.37. The smallest absolute Gasteiger partial charge is 0.226 e. The fraction of sp³-hybridized carbons (Fsp3) is 0.611. The lowest BCUT2D eigenvalue weighted by molar-refractivity contribution is -0.187. The monoisotopic (exact) mass is 317 g/mol. The van der Waals surface area contributed by atoms with Crippen LogP contribution in [0.25, 0.3) is 0 Å². The van der Waals surface area contributed by atoms with Gasteiger partial charge in [0.25, 0.3) is 0 Å². The molecule has 124 valence electrons. The Labute approximate surface area is 136 Å². The van der Waals surface area contributed by atoms with Gasteiger partial charge in [-0.15, -0.1) is 0 Å². The van der Waals surface area contributed by atoms with Crippen molar-refractivity contribution in [3.8, 4) is 5.75 Å². The number of aryl methyl sites for hydroxylation is 1. The SMILES string of the molecule is O=C(Cc1ccc2c(c1)CCCO2)N1CCC2(CC1)OCCO2. The zero-order chi connectivity index (χ0) is 15.7. The topological polar surface area (TPSA) is 48.0 Å². The van der Waals surface area contributed by atoms with E-state index in [1.54, 1.807) is 0 Å².